The highest BCUT2D eigenvalue weighted by atomic mass is 16.5. The zero-order valence-corrected chi connectivity index (χ0v) is 9.22. The van der Waals surface area contributed by atoms with E-state index in [4.69, 9.17) is 10.5 Å². The van der Waals surface area contributed by atoms with Gasteiger partial charge in [0.25, 0.3) is 0 Å². The molecule has 1 aromatic heterocycles. The average molecular weight is 209 g/mol. The van der Waals surface area contributed by atoms with Crippen molar-refractivity contribution in [1.29, 1.82) is 0 Å². The standard InChI is InChI=1S/C11H19N3O/c1-14-7-11(13-8-14)10(12)5-4-9-3-2-6-15-9/h7-10H,2-6,12H2,1H3. The van der Waals surface area contributed by atoms with Gasteiger partial charge in [-0.3, -0.25) is 0 Å². The zero-order chi connectivity index (χ0) is 10.7. The fraction of sp³-hybridized carbons (Fsp3) is 0.727. The Morgan fingerprint density at radius 3 is 3.20 bits per heavy atom. The highest BCUT2D eigenvalue weighted by Crippen LogP contribution is 2.21. The van der Waals surface area contributed by atoms with E-state index >= 15 is 0 Å². The van der Waals surface area contributed by atoms with Crippen molar-refractivity contribution in [3.63, 3.8) is 0 Å². The topological polar surface area (TPSA) is 53.1 Å². The molecule has 1 aliphatic heterocycles. The van der Waals surface area contributed by atoms with E-state index in [1.54, 1.807) is 6.33 Å². The molecule has 1 saturated heterocycles. The molecule has 0 bridgehead atoms. The maximum Gasteiger partial charge on any atom is 0.0947 e. The van der Waals surface area contributed by atoms with E-state index in [1.165, 1.54) is 12.8 Å². The average Bonchev–Trinajstić information content (AvgIpc) is 2.84. The number of nitrogens with zero attached hydrogens (tertiary/aromatic N) is 2. The van der Waals surface area contributed by atoms with Crippen LogP contribution in [0, 0.1) is 0 Å². The molecule has 2 unspecified atom stereocenters. The Morgan fingerprint density at radius 1 is 1.73 bits per heavy atom. The molecule has 0 spiro atoms. The predicted octanol–water partition coefficient (Wildman–Crippen LogP) is 1.38. The van der Waals surface area contributed by atoms with Crippen molar-refractivity contribution in [3.05, 3.63) is 18.2 Å². The van der Waals surface area contributed by atoms with Crippen LogP contribution in [0.3, 0.4) is 0 Å². The molecule has 4 heteroatoms. The Labute approximate surface area is 90.4 Å². The number of ether oxygens (including phenoxy) is 1. The fourth-order valence-corrected chi connectivity index (χ4v) is 2.01. The second-order valence-electron chi connectivity index (χ2n) is 4.28. The molecule has 2 N–H and O–H groups in total. The van der Waals surface area contributed by atoms with Crippen molar-refractivity contribution in [3.8, 4) is 0 Å². The van der Waals surface area contributed by atoms with Crippen LogP contribution in [0.5, 0.6) is 0 Å². The molecule has 2 atom stereocenters. The van der Waals surface area contributed by atoms with Gasteiger partial charge in [-0.25, -0.2) is 4.98 Å². The number of hydrogen-bond donors (Lipinski definition) is 1. The minimum atomic E-state index is 0.0513. The van der Waals surface area contributed by atoms with Gasteiger partial charge >= 0.3 is 0 Å². The maximum absolute atomic E-state index is 6.06. The molecule has 1 aromatic rings. The molecule has 15 heavy (non-hydrogen) atoms. The van der Waals surface area contributed by atoms with Crippen molar-refractivity contribution in [2.45, 2.75) is 37.8 Å². The van der Waals surface area contributed by atoms with Crippen LogP contribution in [0.25, 0.3) is 0 Å². The molecule has 1 aliphatic rings. The van der Waals surface area contributed by atoms with Crippen LogP contribution in [0.1, 0.15) is 37.4 Å². The van der Waals surface area contributed by atoms with Gasteiger partial charge < -0.3 is 15.0 Å². The Morgan fingerprint density at radius 2 is 2.60 bits per heavy atom. The van der Waals surface area contributed by atoms with Gasteiger partial charge in [-0.2, -0.15) is 0 Å². The number of hydrogen-bond acceptors (Lipinski definition) is 3. The largest absolute Gasteiger partial charge is 0.378 e. The third-order valence-electron chi connectivity index (χ3n) is 2.93. The Balaban J connectivity index is 1.79. The smallest absolute Gasteiger partial charge is 0.0947 e. The van der Waals surface area contributed by atoms with Crippen LogP contribution in [0.4, 0.5) is 0 Å². The van der Waals surface area contributed by atoms with Crippen LogP contribution in [0.15, 0.2) is 12.5 Å². The summed E-state index contributed by atoms with van der Waals surface area (Å²) < 4.78 is 7.50. The first-order valence-electron chi connectivity index (χ1n) is 5.61. The quantitative estimate of drug-likeness (QED) is 0.815. The lowest BCUT2D eigenvalue weighted by molar-refractivity contribution is 0.101. The Bertz CT molecular complexity index is 305. The maximum atomic E-state index is 6.06. The van der Waals surface area contributed by atoms with E-state index in [-0.39, 0.29) is 6.04 Å². The summed E-state index contributed by atoms with van der Waals surface area (Å²) in [6, 6.07) is 0.0513. The minimum Gasteiger partial charge on any atom is -0.378 e. The van der Waals surface area contributed by atoms with Gasteiger partial charge in [-0.05, 0) is 25.7 Å². The zero-order valence-electron chi connectivity index (χ0n) is 9.22. The summed E-state index contributed by atoms with van der Waals surface area (Å²) in [5.41, 5.74) is 7.04. The molecule has 0 amide bonds. The molecule has 1 fully saturated rings. The molecule has 2 heterocycles. The van der Waals surface area contributed by atoms with Crippen LogP contribution in [-0.2, 0) is 11.8 Å². The van der Waals surface area contributed by atoms with Crippen molar-refractivity contribution < 1.29 is 4.74 Å². The second-order valence-corrected chi connectivity index (χ2v) is 4.28. The summed E-state index contributed by atoms with van der Waals surface area (Å²) in [4.78, 5) is 4.26. The van der Waals surface area contributed by atoms with Gasteiger partial charge in [0.05, 0.1) is 18.1 Å². The summed E-state index contributed by atoms with van der Waals surface area (Å²) in [5, 5.41) is 0. The Kier molecular flexibility index (Phi) is 3.38. The van der Waals surface area contributed by atoms with Crippen molar-refractivity contribution in [2.24, 2.45) is 12.8 Å². The Hall–Kier alpha value is -0.870. The van der Waals surface area contributed by atoms with Crippen LogP contribution < -0.4 is 5.73 Å². The number of aromatic nitrogens is 2. The molecule has 0 radical (unpaired) electrons. The van der Waals surface area contributed by atoms with Crippen molar-refractivity contribution in [1.82, 2.24) is 9.55 Å². The lowest BCUT2D eigenvalue weighted by atomic mass is 10.0. The summed E-state index contributed by atoms with van der Waals surface area (Å²) in [7, 11) is 1.96. The molecule has 0 saturated carbocycles. The summed E-state index contributed by atoms with van der Waals surface area (Å²) in [6.07, 6.45) is 8.61. The normalized spacial score (nSPS) is 23.2. The predicted molar refractivity (Wildman–Crippen MR) is 58.3 cm³/mol. The summed E-state index contributed by atoms with van der Waals surface area (Å²) in [5.74, 6) is 0. The molecule has 84 valence electrons. The summed E-state index contributed by atoms with van der Waals surface area (Å²) in [6.45, 7) is 0.920. The summed E-state index contributed by atoms with van der Waals surface area (Å²) >= 11 is 0. The lowest BCUT2D eigenvalue weighted by Crippen LogP contribution is -2.14. The van der Waals surface area contributed by atoms with E-state index < -0.39 is 0 Å². The number of imidazole rings is 1. The molecular formula is C11H19N3O. The van der Waals surface area contributed by atoms with E-state index in [9.17, 15) is 0 Å². The van der Waals surface area contributed by atoms with Crippen LogP contribution >= 0.6 is 0 Å². The van der Waals surface area contributed by atoms with Crippen LogP contribution in [-0.4, -0.2) is 22.3 Å². The molecule has 0 aliphatic carbocycles. The monoisotopic (exact) mass is 209 g/mol. The fourth-order valence-electron chi connectivity index (χ4n) is 2.01. The highest BCUT2D eigenvalue weighted by molar-refractivity contribution is 5.02. The van der Waals surface area contributed by atoms with Gasteiger partial charge in [-0.15, -0.1) is 0 Å². The van der Waals surface area contributed by atoms with Crippen molar-refractivity contribution in [2.75, 3.05) is 6.61 Å². The second kappa shape index (κ2) is 4.77. The number of rotatable bonds is 4. The molecular weight excluding hydrogens is 190 g/mol. The first-order chi connectivity index (χ1) is 7.25. The van der Waals surface area contributed by atoms with Gasteiger partial charge in [0.15, 0.2) is 0 Å². The van der Waals surface area contributed by atoms with Gasteiger partial charge in [0.1, 0.15) is 0 Å². The van der Waals surface area contributed by atoms with Gasteiger partial charge in [-0.1, -0.05) is 0 Å². The molecule has 4 nitrogen and oxygen atoms in total. The van der Waals surface area contributed by atoms with Crippen molar-refractivity contribution >= 4 is 0 Å². The number of nitrogens with two attached hydrogens (primary N) is 1. The first kappa shape index (κ1) is 10.6. The van der Waals surface area contributed by atoms with Gasteiger partial charge in [0.2, 0.25) is 0 Å². The van der Waals surface area contributed by atoms with E-state index in [1.807, 2.05) is 17.8 Å². The van der Waals surface area contributed by atoms with Gasteiger partial charge in [0, 0.05) is 25.9 Å². The SMILES string of the molecule is Cn1cnc(C(N)CCC2CCCO2)c1. The van der Waals surface area contributed by atoms with E-state index in [2.05, 4.69) is 4.98 Å². The highest BCUT2D eigenvalue weighted by Gasteiger charge is 2.17. The van der Waals surface area contributed by atoms with Crippen LogP contribution in [0.2, 0.25) is 0 Å². The third-order valence-corrected chi connectivity index (χ3v) is 2.93. The van der Waals surface area contributed by atoms with E-state index in [0.717, 1.165) is 25.1 Å². The molecule has 0 aromatic carbocycles. The number of aryl methyl sites for hydroxylation is 1. The third kappa shape index (κ3) is 2.79. The lowest BCUT2D eigenvalue weighted by Gasteiger charge is -2.12. The van der Waals surface area contributed by atoms with E-state index in [0.29, 0.717) is 6.10 Å². The first-order valence-corrected chi connectivity index (χ1v) is 5.61. The molecule has 2 rings (SSSR count). The minimum absolute atomic E-state index is 0.0513.